The number of aryl methyl sites for hydroxylation is 1. The van der Waals surface area contributed by atoms with Gasteiger partial charge in [-0.25, -0.2) is 4.68 Å². The second-order valence-electron chi connectivity index (χ2n) is 8.36. The summed E-state index contributed by atoms with van der Waals surface area (Å²) in [4.78, 5) is 25.1. The number of anilines is 1. The SMILES string of the molecule is CC1=NN(c2ccc(S(=O)(=O)O)cc2)C(=O)\C1=C/C=C/C=C/c1c(C)[nH]n(-c2ccc(S(=O)(=O)O)cc2)c1=O.[K+].[K+]. The zero-order chi connectivity index (χ0) is 28.5. The molecule has 0 saturated carbocycles. The molecule has 3 N–H and O–H groups in total. The van der Waals surface area contributed by atoms with E-state index in [0.717, 1.165) is 5.01 Å². The van der Waals surface area contributed by atoms with Gasteiger partial charge in [0.05, 0.1) is 38.0 Å². The average molecular weight is 649 g/mol. The first-order valence-electron chi connectivity index (χ1n) is 11.2. The number of aromatic nitrogens is 2. The summed E-state index contributed by atoms with van der Waals surface area (Å²) < 4.78 is 64.4. The van der Waals surface area contributed by atoms with Crippen molar-refractivity contribution in [2.24, 2.45) is 5.10 Å². The Morgan fingerprint density at radius 1 is 0.780 bits per heavy atom. The van der Waals surface area contributed by atoms with E-state index in [4.69, 9.17) is 9.11 Å². The predicted molar refractivity (Wildman–Crippen MR) is 144 cm³/mol. The molecule has 16 heteroatoms. The molecular formula is C25H22K2N4O8S2+2. The summed E-state index contributed by atoms with van der Waals surface area (Å²) in [5.74, 6) is -0.426. The monoisotopic (exact) mass is 648 g/mol. The van der Waals surface area contributed by atoms with E-state index >= 15 is 0 Å². The number of allylic oxidation sites excluding steroid dienone is 4. The molecule has 1 aliphatic heterocycles. The van der Waals surface area contributed by atoms with Crippen molar-refractivity contribution < 1.29 is 134 Å². The molecule has 0 radical (unpaired) electrons. The van der Waals surface area contributed by atoms with Crippen molar-refractivity contribution in [1.82, 2.24) is 9.78 Å². The summed E-state index contributed by atoms with van der Waals surface area (Å²) in [6.07, 6.45) is 7.96. The summed E-state index contributed by atoms with van der Waals surface area (Å²) in [6.45, 7) is 3.35. The van der Waals surface area contributed by atoms with Crippen molar-refractivity contribution in [3.63, 3.8) is 0 Å². The number of hydrazone groups is 1. The molecule has 3 aromatic rings. The summed E-state index contributed by atoms with van der Waals surface area (Å²) >= 11 is 0. The van der Waals surface area contributed by atoms with E-state index in [9.17, 15) is 26.4 Å². The first-order valence-corrected chi connectivity index (χ1v) is 14.1. The quantitative estimate of drug-likeness (QED) is 0.104. The van der Waals surface area contributed by atoms with Gasteiger partial charge in [0.2, 0.25) is 0 Å². The zero-order valence-electron chi connectivity index (χ0n) is 22.5. The van der Waals surface area contributed by atoms with Gasteiger partial charge in [-0.2, -0.15) is 26.9 Å². The fraction of sp³-hybridized carbons (Fsp3) is 0.0800. The predicted octanol–water partition coefficient (Wildman–Crippen LogP) is -3.11. The van der Waals surface area contributed by atoms with Gasteiger partial charge in [-0.05, 0) is 74.5 Å². The molecule has 0 bridgehead atoms. The molecular weight excluding hydrogens is 627 g/mol. The van der Waals surface area contributed by atoms with Crippen LogP contribution in [0.1, 0.15) is 18.2 Å². The second kappa shape index (κ2) is 14.6. The Morgan fingerprint density at radius 3 is 1.80 bits per heavy atom. The number of H-pyrrole nitrogens is 1. The maximum absolute atomic E-state index is 12.8. The summed E-state index contributed by atoms with van der Waals surface area (Å²) in [7, 11) is -8.71. The van der Waals surface area contributed by atoms with E-state index in [1.54, 1.807) is 44.2 Å². The molecule has 0 saturated heterocycles. The molecule has 202 valence electrons. The van der Waals surface area contributed by atoms with Crippen LogP contribution in [-0.4, -0.2) is 47.3 Å². The van der Waals surface area contributed by atoms with Gasteiger partial charge in [0.25, 0.3) is 31.7 Å². The van der Waals surface area contributed by atoms with Gasteiger partial charge in [0.1, 0.15) is 0 Å². The minimum Gasteiger partial charge on any atom is -0.295 e. The third kappa shape index (κ3) is 8.51. The van der Waals surface area contributed by atoms with Crippen LogP contribution in [0.4, 0.5) is 5.69 Å². The standard InChI is InChI=1S/C25H22N4O8S2.2K/c1-16-22(24(30)28(26-16)18-8-12-20(13-9-18)38(32,33)34)6-4-3-5-7-23-17(2)27-29(25(23)31)19-10-14-21(15-11-19)39(35,36)37;;/h3-15,26H,1-2H3,(H,32,33,34)(H,35,36,37);;/q;2*+1/b5-3+,6-4+,23-7-;;. The molecule has 0 atom stereocenters. The fourth-order valence-corrected chi connectivity index (χ4v) is 4.68. The maximum Gasteiger partial charge on any atom is 1.00 e. The molecule has 2 aromatic carbocycles. The minimum atomic E-state index is -4.36. The maximum atomic E-state index is 12.8. The number of rotatable bonds is 7. The largest absolute Gasteiger partial charge is 1.00 e. The van der Waals surface area contributed by atoms with Crippen LogP contribution in [0.2, 0.25) is 0 Å². The molecule has 0 unspecified atom stereocenters. The van der Waals surface area contributed by atoms with Gasteiger partial charge in [-0.3, -0.25) is 23.8 Å². The average Bonchev–Trinajstić information content (AvgIpc) is 3.32. The molecule has 0 spiro atoms. The van der Waals surface area contributed by atoms with Gasteiger partial charge >= 0.3 is 103 Å². The summed E-state index contributed by atoms with van der Waals surface area (Å²) in [5, 5.41) is 8.23. The number of nitrogens with one attached hydrogen (secondary N) is 1. The fourth-order valence-electron chi connectivity index (χ4n) is 3.72. The third-order valence-corrected chi connectivity index (χ3v) is 7.44. The first-order chi connectivity index (χ1) is 18.3. The van der Waals surface area contributed by atoms with Crippen molar-refractivity contribution in [1.29, 1.82) is 0 Å². The topological polar surface area (TPSA) is 179 Å². The molecule has 0 fully saturated rings. The Labute approximate surface area is 321 Å². The van der Waals surface area contributed by atoms with E-state index in [1.807, 2.05) is 0 Å². The Morgan fingerprint density at radius 2 is 1.29 bits per heavy atom. The Hall–Kier alpha value is -1.10. The van der Waals surface area contributed by atoms with Gasteiger partial charge in [0, 0.05) is 5.69 Å². The van der Waals surface area contributed by atoms with Crippen LogP contribution >= 0.6 is 0 Å². The van der Waals surface area contributed by atoms with Crippen molar-refractivity contribution in [3.8, 4) is 5.69 Å². The molecule has 41 heavy (non-hydrogen) atoms. The summed E-state index contributed by atoms with van der Waals surface area (Å²) in [5.41, 5.74) is 2.00. The number of carbonyl (C=O) groups is 1. The van der Waals surface area contributed by atoms with Crippen LogP contribution in [-0.2, 0) is 25.0 Å². The van der Waals surface area contributed by atoms with Gasteiger partial charge < -0.3 is 0 Å². The second-order valence-corrected chi connectivity index (χ2v) is 11.2. The number of benzene rings is 2. The van der Waals surface area contributed by atoms with Crippen molar-refractivity contribution in [2.45, 2.75) is 23.6 Å². The summed E-state index contributed by atoms with van der Waals surface area (Å²) in [6, 6.07) is 10.2. The van der Waals surface area contributed by atoms with Crippen LogP contribution < -0.4 is 113 Å². The number of aromatic amines is 1. The number of hydrogen-bond donors (Lipinski definition) is 3. The van der Waals surface area contributed by atoms with E-state index in [2.05, 4.69) is 10.2 Å². The normalized spacial score (nSPS) is 14.9. The molecule has 1 amide bonds. The van der Waals surface area contributed by atoms with Crippen molar-refractivity contribution >= 4 is 43.6 Å². The molecule has 0 aliphatic carbocycles. The number of nitrogens with zero attached hydrogens (tertiary/aromatic N) is 3. The van der Waals surface area contributed by atoms with Gasteiger partial charge in [-0.15, -0.1) is 0 Å². The van der Waals surface area contributed by atoms with Crippen molar-refractivity contribution in [2.75, 3.05) is 5.01 Å². The van der Waals surface area contributed by atoms with E-state index in [0.29, 0.717) is 33.9 Å². The number of amides is 1. The van der Waals surface area contributed by atoms with Crippen LogP contribution in [0.25, 0.3) is 11.8 Å². The molecule has 1 aromatic heterocycles. The van der Waals surface area contributed by atoms with Crippen LogP contribution in [0.5, 0.6) is 0 Å². The van der Waals surface area contributed by atoms with E-state index in [-0.39, 0.29) is 118 Å². The Balaban J connectivity index is 0.00000294. The van der Waals surface area contributed by atoms with E-state index in [1.165, 1.54) is 53.2 Å². The first kappa shape index (κ1) is 36.1. The van der Waals surface area contributed by atoms with Crippen molar-refractivity contribution in [3.05, 3.63) is 100 Å². The zero-order valence-corrected chi connectivity index (χ0v) is 30.4. The molecule has 12 nitrogen and oxygen atoms in total. The Kier molecular flexibility index (Phi) is 12.8. The number of carbonyl (C=O) groups excluding carboxylic acids is 1. The van der Waals surface area contributed by atoms with Gasteiger partial charge in [0.15, 0.2) is 0 Å². The number of hydrogen-bond acceptors (Lipinski definition) is 7. The molecule has 4 rings (SSSR count). The third-order valence-electron chi connectivity index (χ3n) is 5.70. The van der Waals surface area contributed by atoms with Crippen LogP contribution in [0.15, 0.2) is 98.1 Å². The molecule has 2 heterocycles. The molecule has 1 aliphatic rings. The van der Waals surface area contributed by atoms with Crippen LogP contribution in [0, 0.1) is 6.92 Å². The van der Waals surface area contributed by atoms with E-state index < -0.39 is 26.1 Å². The van der Waals surface area contributed by atoms with Gasteiger partial charge in [-0.1, -0.05) is 18.2 Å². The Bertz CT molecular complexity index is 1860. The minimum absolute atomic E-state index is 0. The smallest absolute Gasteiger partial charge is 0.295 e. The van der Waals surface area contributed by atoms with Crippen LogP contribution in [0.3, 0.4) is 0 Å².